The second kappa shape index (κ2) is 13.8. The number of aromatic amines is 1. The van der Waals surface area contributed by atoms with Crippen LogP contribution < -0.4 is 14.8 Å². The number of ether oxygens (including phenoxy) is 3. The summed E-state index contributed by atoms with van der Waals surface area (Å²) in [4.78, 5) is 26.7. The average molecular weight is 638 g/mol. The van der Waals surface area contributed by atoms with Gasteiger partial charge in [0, 0.05) is 32.1 Å². The summed E-state index contributed by atoms with van der Waals surface area (Å²) >= 11 is 5.96. The molecule has 236 valence electrons. The monoisotopic (exact) mass is 637 g/mol. The molecule has 2 heterocycles. The van der Waals surface area contributed by atoms with Gasteiger partial charge in [0.2, 0.25) is 5.91 Å². The van der Waals surface area contributed by atoms with Crippen LogP contribution in [0.2, 0.25) is 5.02 Å². The molecule has 2 N–H and O–H groups in total. The molecule has 0 spiro atoms. The number of carbonyl (C=O) groups excluding carboxylic acids is 2. The van der Waals surface area contributed by atoms with E-state index in [0.717, 1.165) is 22.7 Å². The molecular formula is C28H31ClF3N7O5. The topological polar surface area (TPSA) is 136 Å². The molecule has 0 aliphatic rings. The maximum absolute atomic E-state index is 12.9. The molecule has 0 atom stereocenters. The van der Waals surface area contributed by atoms with Crippen molar-refractivity contribution < 1.29 is 37.0 Å². The fourth-order valence-corrected chi connectivity index (χ4v) is 4.29. The lowest BCUT2D eigenvalue weighted by Crippen LogP contribution is -2.39. The maximum atomic E-state index is 12.9. The van der Waals surface area contributed by atoms with Crippen LogP contribution in [0.25, 0.3) is 16.6 Å². The summed E-state index contributed by atoms with van der Waals surface area (Å²) in [5.74, 6) is -0.262. The van der Waals surface area contributed by atoms with E-state index in [-0.39, 0.29) is 30.4 Å². The third-order valence-electron chi connectivity index (χ3n) is 5.98. The summed E-state index contributed by atoms with van der Waals surface area (Å²) in [5, 5.41) is 18.0. The normalized spacial score (nSPS) is 11.8. The molecule has 4 aromatic rings. The van der Waals surface area contributed by atoms with Gasteiger partial charge in [0.1, 0.15) is 29.8 Å². The van der Waals surface area contributed by atoms with Gasteiger partial charge in [-0.05, 0) is 51.0 Å². The van der Waals surface area contributed by atoms with Crippen LogP contribution in [0.4, 0.5) is 18.0 Å². The highest BCUT2D eigenvalue weighted by atomic mass is 35.5. The number of carbonyl (C=O) groups is 2. The van der Waals surface area contributed by atoms with E-state index in [1.54, 1.807) is 44.2 Å². The van der Waals surface area contributed by atoms with Crippen molar-refractivity contribution >= 4 is 34.5 Å². The van der Waals surface area contributed by atoms with E-state index in [2.05, 4.69) is 30.4 Å². The number of benzene rings is 2. The average Bonchev–Trinajstić information content (AvgIpc) is 3.63. The van der Waals surface area contributed by atoms with Gasteiger partial charge in [0.25, 0.3) is 0 Å². The molecule has 0 radical (unpaired) electrons. The number of nitrogens with one attached hydrogen (secondary N) is 2. The summed E-state index contributed by atoms with van der Waals surface area (Å²) < 4.78 is 54.8. The first-order chi connectivity index (χ1) is 20.8. The van der Waals surface area contributed by atoms with Crippen LogP contribution in [0, 0.1) is 0 Å². The lowest BCUT2D eigenvalue weighted by atomic mass is 10.2. The standard InChI is InChI=1S/C28H31ClF3N7O5/c1-27(2,3)44-26(41)38(15-18-5-6-23(21(29)11-18)43-28(30,31)32)9-7-25(40)33-8-4-10-42-24-13-19(39-16-35-36-17-39)12-22-20(24)14-34-37-22/h5-6,11-14,16-17H,4,7-10,15H2,1-3H3,(H,33,40)(H,34,37). The number of halogens is 4. The Labute approximate surface area is 255 Å². The Morgan fingerprint density at radius 1 is 1.09 bits per heavy atom. The van der Waals surface area contributed by atoms with Crippen LogP contribution in [0.5, 0.6) is 11.5 Å². The van der Waals surface area contributed by atoms with Gasteiger partial charge in [-0.1, -0.05) is 17.7 Å². The molecule has 0 bridgehead atoms. The highest BCUT2D eigenvalue weighted by molar-refractivity contribution is 6.32. The molecule has 2 aromatic carbocycles. The second-order valence-electron chi connectivity index (χ2n) is 10.7. The van der Waals surface area contributed by atoms with Gasteiger partial charge in [0.05, 0.1) is 34.4 Å². The van der Waals surface area contributed by atoms with Crippen LogP contribution in [0.1, 0.15) is 39.2 Å². The zero-order valence-electron chi connectivity index (χ0n) is 24.2. The van der Waals surface area contributed by atoms with E-state index in [4.69, 9.17) is 21.1 Å². The molecule has 0 saturated carbocycles. The number of aromatic nitrogens is 5. The number of H-pyrrole nitrogens is 1. The number of fused-ring (bicyclic) bond motifs is 1. The molecule has 16 heteroatoms. The predicted molar refractivity (Wildman–Crippen MR) is 154 cm³/mol. The predicted octanol–water partition coefficient (Wildman–Crippen LogP) is 5.41. The summed E-state index contributed by atoms with van der Waals surface area (Å²) in [6.07, 6.45) is -0.328. The van der Waals surface area contributed by atoms with E-state index in [9.17, 15) is 22.8 Å². The molecule has 4 rings (SSSR count). The van der Waals surface area contributed by atoms with E-state index < -0.39 is 23.8 Å². The third kappa shape index (κ3) is 9.49. The van der Waals surface area contributed by atoms with Gasteiger partial charge < -0.3 is 24.4 Å². The Balaban J connectivity index is 1.29. The first-order valence-electron chi connectivity index (χ1n) is 13.5. The highest BCUT2D eigenvalue weighted by Gasteiger charge is 2.32. The van der Waals surface area contributed by atoms with Crippen molar-refractivity contribution in [3.05, 3.63) is 59.8 Å². The minimum atomic E-state index is -4.90. The van der Waals surface area contributed by atoms with Gasteiger partial charge in [0.15, 0.2) is 0 Å². The van der Waals surface area contributed by atoms with Crippen molar-refractivity contribution in [2.75, 3.05) is 19.7 Å². The van der Waals surface area contributed by atoms with E-state index in [0.29, 0.717) is 30.9 Å². The number of rotatable bonds is 12. The van der Waals surface area contributed by atoms with Crippen LogP contribution in [0.3, 0.4) is 0 Å². The molecule has 2 aromatic heterocycles. The zero-order valence-corrected chi connectivity index (χ0v) is 24.9. The van der Waals surface area contributed by atoms with Gasteiger partial charge >= 0.3 is 12.5 Å². The largest absolute Gasteiger partial charge is 0.573 e. The Kier molecular flexibility index (Phi) is 10.2. The fourth-order valence-electron chi connectivity index (χ4n) is 4.05. The molecule has 0 saturated heterocycles. The molecule has 12 nitrogen and oxygen atoms in total. The van der Waals surface area contributed by atoms with Crippen LogP contribution in [-0.4, -0.2) is 73.5 Å². The number of nitrogens with zero attached hydrogens (tertiary/aromatic N) is 5. The zero-order chi connectivity index (χ0) is 31.9. The molecule has 0 aliphatic heterocycles. The minimum absolute atomic E-state index is 0.00988. The minimum Gasteiger partial charge on any atom is -0.493 e. The van der Waals surface area contributed by atoms with Gasteiger partial charge in [-0.25, -0.2) is 4.79 Å². The lowest BCUT2D eigenvalue weighted by molar-refractivity contribution is -0.274. The van der Waals surface area contributed by atoms with Crippen LogP contribution >= 0.6 is 11.6 Å². The SMILES string of the molecule is CC(C)(C)OC(=O)N(CCC(=O)NCCCOc1cc(-n2cnnc2)cc2[nH]ncc12)Cc1ccc(OC(F)(F)F)c(Cl)c1. The first kappa shape index (κ1) is 32.4. The molecule has 0 aliphatic carbocycles. The van der Waals surface area contributed by atoms with Crippen molar-refractivity contribution in [2.24, 2.45) is 0 Å². The van der Waals surface area contributed by atoms with Gasteiger partial charge in [-0.2, -0.15) is 5.10 Å². The molecule has 44 heavy (non-hydrogen) atoms. The number of alkyl halides is 3. The number of hydrogen-bond acceptors (Lipinski definition) is 8. The molecule has 0 unspecified atom stereocenters. The van der Waals surface area contributed by atoms with E-state index >= 15 is 0 Å². The summed E-state index contributed by atoms with van der Waals surface area (Å²) in [6, 6.07) is 7.42. The fraction of sp³-hybridized carbons (Fsp3) is 0.393. The smallest absolute Gasteiger partial charge is 0.493 e. The van der Waals surface area contributed by atoms with Crippen LogP contribution in [0.15, 0.2) is 49.2 Å². The Bertz CT molecular complexity index is 1570. The lowest BCUT2D eigenvalue weighted by Gasteiger charge is -2.27. The van der Waals surface area contributed by atoms with Crippen molar-refractivity contribution in [1.29, 1.82) is 0 Å². The third-order valence-corrected chi connectivity index (χ3v) is 6.27. The van der Waals surface area contributed by atoms with Crippen molar-refractivity contribution in [3.8, 4) is 17.2 Å². The molecular weight excluding hydrogens is 607 g/mol. The van der Waals surface area contributed by atoms with Crippen molar-refractivity contribution in [1.82, 2.24) is 35.2 Å². The molecule has 0 fully saturated rings. The van der Waals surface area contributed by atoms with E-state index in [1.807, 2.05) is 12.1 Å². The van der Waals surface area contributed by atoms with Crippen molar-refractivity contribution in [3.63, 3.8) is 0 Å². The number of hydrogen-bond donors (Lipinski definition) is 2. The quantitative estimate of drug-likeness (QED) is 0.197. The summed E-state index contributed by atoms with van der Waals surface area (Å²) in [5.41, 5.74) is 1.18. The summed E-state index contributed by atoms with van der Waals surface area (Å²) in [6.45, 7) is 5.65. The first-order valence-corrected chi connectivity index (χ1v) is 13.9. The second-order valence-corrected chi connectivity index (χ2v) is 11.1. The van der Waals surface area contributed by atoms with Crippen molar-refractivity contribution in [2.45, 2.75) is 52.1 Å². The van der Waals surface area contributed by atoms with Gasteiger partial charge in [-0.15, -0.1) is 23.4 Å². The molecule has 2 amide bonds. The van der Waals surface area contributed by atoms with E-state index in [1.165, 1.54) is 17.0 Å². The maximum Gasteiger partial charge on any atom is 0.573 e. The highest BCUT2D eigenvalue weighted by Crippen LogP contribution is 2.31. The Hall–Kier alpha value is -4.53. The number of amides is 2. The van der Waals surface area contributed by atoms with Crippen LogP contribution in [-0.2, 0) is 16.1 Å². The van der Waals surface area contributed by atoms with Gasteiger partial charge in [-0.3, -0.25) is 14.5 Å². The Morgan fingerprint density at radius 2 is 1.84 bits per heavy atom. The Morgan fingerprint density at radius 3 is 2.52 bits per heavy atom. The summed E-state index contributed by atoms with van der Waals surface area (Å²) in [7, 11) is 0.